The Kier molecular flexibility index (Phi) is 5.29. The predicted octanol–water partition coefficient (Wildman–Crippen LogP) is 3.95. The minimum atomic E-state index is -0.459. The summed E-state index contributed by atoms with van der Waals surface area (Å²) in [6, 6.07) is 21.3. The van der Waals surface area contributed by atoms with E-state index < -0.39 is 5.41 Å². The van der Waals surface area contributed by atoms with E-state index in [-0.39, 0.29) is 12.5 Å². The Morgan fingerprint density at radius 2 is 1.76 bits per heavy atom. The first-order valence-electron chi connectivity index (χ1n) is 11.1. The smallest absolute Gasteiger partial charge is 0.246 e. The number of carbonyl (C=O) groups excluding carboxylic acids is 2. The topological polar surface area (TPSA) is 59.1 Å². The van der Waals surface area contributed by atoms with Gasteiger partial charge in [-0.25, -0.2) is 0 Å². The zero-order valence-electron chi connectivity index (χ0n) is 18.8. The third-order valence-corrected chi connectivity index (χ3v) is 6.66. The third kappa shape index (κ3) is 3.61. The van der Waals surface area contributed by atoms with Gasteiger partial charge in [0.15, 0.2) is 0 Å². The molecule has 2 amide bonds. The Bertz CT molecular complexity index is 1210. The maximum Gasteiger partial charge on any atom is 0.246 e. The Morgan fingerprint density at radius 3 is 2.55 bits per heavy atom. The van der Waals surface area contributed by atoms with Crippen molar-refractivity contribution in [3.05, 3.63) is 83.4 Å². The van der Waals surface area contributed by atoms with Gasteiger partial charge in [0.2, 0.25) is 12.3 Å². The number of hydrogen-bond acceptors (Lipinski definition) is 4. The molecule has 168 valence electrons. The van der Waals surface area contributed by atoms with E-state index >= 15 is 0 Å². The molecule has 0 fully saturated rings. The average molecular weight is 443 g/mol. The SMILES string of the molecule is CN(C(=O)CN(C=O)c1ccccc1C1(C)COc2cc3c(cc21)CCO3)c1ccccc1. The summed E-state index contributed by atoms with van der Waals surface area (Å²) in [4.78, 5) is 28.2. The summed E-state index contributed by atoms with van der Waals surface area (Å²) in [5.41, 5.74) is 4.23. The molecular formula is C27H26N2O4. The molecule has 0 aromatic heterocycles. The Morgan fingerprint density at radius 1 is 1.00 bits per heavy atom. The number of carbonyl (C=O) groups is 2. The van der Waals surface area contributed by atoms with Crippen LogP contribution in [-0.4, -0.2) is 39.1 Å². The van der Waals surface area contributed by atoms with Gasteiger partial charge < -0.3 is 19.3 Å². The molecule has 2 aliphatic rings. The summed E-state index contributed by atoms with van der Waals surface area (Å²) in [5, 5.41) is 0. The van der Waals surface area contributed by atoms with Crippen LogP contribution in [0.2, 0.25) is 0 Å². The van der Waals surface area contributed by atoms with Crippen LogP contribution in [0.1, 0.15) is 23.6 Å². The minimum Gasteiger partial charge on any atom is -0.493 e. The van der Waals surface area contributed by atoms with Gasteiger partial charge in [-0.3, -0.25) is 9.59 Å². The molecule has 0 radical (unpaired) electrons. The standard InChI is InChI=1S/C27H26N2O4/c1-27(17-33-25-15-24-19(12-13-32-24)14-22(25)27)21-10-6-7-11-23(21)29(18-30)16-26(31)28(2)20-8-4-3-5-9-20/h3-11,14-15,18H,12-13,16-17H2,1-2H3. The van der Waals surface area contributed by atoms with E-state index in [0.29, 0.717) is 18.9 Å². The van der Waals surface area contributed by atoms with E-state index in [1.807, 2.05) is 60.7 Å². The van der Waals surface area contributed by atoms with Gasteiger partial charge in [0.25, 0.3) is 0 Å². The lowest BCUT2D eigenvalue weighted by Crippen LogP contribution is -2.39. The van der Waals surface area contributed by atoms with Gasteiger partial charge in [-0.1, -0.05) is 36.4 Å². The van der Waals surface area contributed by atoms with E-state index in [1.54, 1.807) is 11.9 Å². The van der Waals surface area contributed by atoms with Crippen molar-refractivity contribution < 1.29 is 19.1 Å². The highest BCUT2D eigenvalue weighted by Crippen LogP contribution is 2.49. The number of amides is 2. The second kappa shape index (κ2) is 8.28. The molecule has 0 bridgehead atoms. The van der Waals surface area contributed by atoms with Gasteiger partial charge in [0.1, 0.15) is 24.7 Å². The van der Waals surface area contributed by atoms with Gasteiger partial charge in [-0.15, -0.1) is 0 Å². The fourth-order valence-electron chi connectivity index (χ4n) is 4.70. The summed E-state index contributed by atoms with van der Waals surface area (Å²) in [5.74, 6) is 1.52. The van der Waals surface area contributed by atoms with Gasteiger partial charge >= 0.3 is 0 Å². The Hall–Kier alpha value is -3.80. The van der Waals surface area contributed by atoms with Crippen LogP contribution < -0.4 is 19.3 Å². The zero-order valence-corrected chi connectivity index (χ0v) is 18.8. The lowest BCUT2D eigenvalue weighted by atomic mass is 9.76. The third-order valence-electron chi connectivity index (χ3n) is 6.66. The number of rotatable bonds is 6. The second-order valence-corrected chi connectivity index (χ2v) is 8.71. The number of ether oxygens (including phenoxy) is 2. The second-order valence-electron chi connectivity index (χ2n) is 8.71. The number of nitrogens with zero attached hydrogens (tertiary/aromatic N) is 2. The maximum absolute atomic E-state index is 13.0. The van der Waals surface area contributed by atoms with Crippen LogP contribution in [0.3, 0.4) is 0 Å². The van der Waals surface area contributed by atoms with Crippen LogP contribution >= 0.6 is 0 Å². The summed E-state index contributed by atoms with van der Waals surface area (Å²) < 4.78 is 11.8. The predicted molar refractivity (Wildman–Crippen MR) is 127 cm³/mol. The van der Waals surface area contributed by atoms with Crippen molar-refractivity contribution in [2.45, 2.75) is 18.8 Å². The van der Waals surface area contributed by atoms with Crippen molar-refractivity contribution in [1.29, 1.82) is 0 Å². The Labute approximate surface area is 193 Å². The molecule has 6 nitrogen and oxygen atoms in total. The molecule has 0 saturated heterocycles. The monoisotopic (exact) mass is 442 g/mol. The molecule has 0 spiro atoms. The van der Waals surface area contributed by atoms with Crippen LogP contribution in [-0.2, 0) is 21.4 Å². The van der Waals surface area contributed by atoms with Crippen LogP contribution in [0.15, 0.2) is 66.7 Å². The molecule has 1 atom stereocenters. The van der Waals surface area contributed by atoms with Gasteiger partial charge in [0, 0.05) is 36.5 Å². The van der Waals surface area contributed by atoms with E-state index in [1.165, 1.54) is 10.5 Å². The van der Waals surface area contributed by atoms with Crippen LogP contribution in [0.4, 0.5) is 11.4 Å². The van der Waals surface area contributed by atoms with E-state index in [0.717, 1.165) is 41.1 Å². The van der Waals surface area contributed by atoms with E-state index in [2.05, 4.69) is 13.0 Å². The molecule has 0 N–H and O–H groups in total. The molecule has 0 saturated carbocycles. The summed E-state index contributed by atoms with van der Waals surface area (Å²) in [6.07, 6.45) is 1.60. The summed E-state index contributed by atoms with van der Waals surface area (Å²) in [7, 11) is 1.72. The summed E-state index contributed by atoms with van der Waals surface area (Å²) >= 11 is 0. The van der Waals surface area contributed by atoms with Crippen molar-refractivity contribution in [3.63, 3.8) is 0 Å². The molecule has 2 heterocycles. The van der Waals surface area contributed by atoms with E-state index in [4.69, 9.17) is 9.47 Å². The van der Waals surface area contributed by atoms with Crippen molar-refractivity contribution in [1.82, 2.24) is 0 Å². The highest BCUT2D eigenvalue weighted by Gasteiger charge is 2.41. The molecule has 5 rings (SSSR count). The molecule has 3 aromatic carbocycles. The fraction of sp³-hybridized carbons (Fsp3) is 0.259. The lowest BCUT2D eigenvalue weighted by molar-refractivity contribution is -0.118. The fourth-order valence-corrected chi connectivity index (χ4v) is 4.70. The maximum atomic E-state index is 13.0. The lowest BCUT2D eigenvalue weighted by Gasteiger charge is -2.30. The first-order chi connectivity index (χ1) is 16.0. The van der Waals surface area contributed by atoms with Gasteiger partial charge in [-0.2, -0.15) is 0 Å². The Balaban J connectivity index is 1.48. The number of para-hydroxylation sites is 2. The van der Waals surface area contributed by atoms with Crippen molar-refractivity contribution in [2.24, 2.45) is 0 Å². The molecule has 33 heavy (non-hydrogen) atoms. The summed E-state index contributed by atoms with van der Waals surface area (Å²) in [6.45, 7) is 3.20. The van der Waals surface area contributed by atoms with Crippen LogP contribution in [0, 0.1) is 0 Å². The first kappa shape index (κ1) is 21.1. The van der Waals surface area contributed by atoms with Crippen molar-refractivity contribution in [3.8, 4) is 11.5 Å². The highest BCUT2D eigenvalue weighted by molar-refractivity contribution is 5.99. The number of hydrogen-bond donors (Lipinski definition) is 0. The van der Waals surface area contributed by atoms with Crippen LogP contribution in [0.5, 0.6) is 11.5 Å². The van der Waals surface area contributed by atoms with Crippen LogP contribution in [0.25, 0.3) is 0 Å². The zero-order chi connectivity index (χ0) is 23.0. The quantitative estimate of drug-likeness (QED) is 0.543. The number of benzene rings is 3. The van der Waals surface area contributed by atoms with Crippen molar-refractivity contribution >= 4 is 23.7 Å². The molecule has 2 aliphatic heterocycles. The molecule has 0 aliphatic carbocycles. The largest absolute Gasteiger partial charge is 0.493 e. The first-order valence-corrected chi connectivity index (χ1v) is 11.1. The van der Waals surface area contributed by atoms with Gasteiger partial charge in [-0.05, 0) is 42.3 Å². The number of fused-ring (bicyclic) bond motifs is 2. The molecule has 1 unspecified atom stereocenters. The highest BCUT2D eigenvalue weighted by atomic mass is 16.5. The average Bonchev–Trinajstić information content (AvgIpc) is 3.45. The normalized spacial score (nSPS) is 18.0. The minimum absolute atomic E-state index is 0.0618. The van der Waals surface area contributed by atoms with E-state index in [9.17, 15) is 9.59 Å². The number of anilines is 2. The molecule has 3 aromatic rings. The number of likely N-dealkylation sites (N-methyl/N-ethyl adjacent to an activating group) is 1. The molecule has 6 heteroatoms. The molecular weight excluding hydrogens is 416 g/mol. The van der Waals surface area contributed by atoms with Crippen molar-refractivity contribution in [2.75, 3.05) is 36.6 Å². The van der Waals surface area contributed by atoms with Gasteiger partial charge in [0.05, 0.1) is 12.0 Å².